The Bertz CT molecular complexity index is 197. The van der Waals surface area contributed by atoms with Gasteiger partial charge in [0.1, 0.15) is 0 Å². The molecule has 0 aromatic carbocycles. The van der Waals surface area contributed by atoms with Crippen molar-refractivity contribution < 1.29 is 38.3 Å². The summed E-state index contributed by atoms with van der Waals surface area (Å²) in [6.07, 6.45) is 0. The van der Waals surface area contributed by atoms with Gasteiger partial charge in [0.25, 0.3) is 0 Å². The molecule has 1 rings (SSSR count). The van der Waals surface area contributed by atoms with Gasteiger partial charge in [0.2, 0.25) is 0 Å². The van der Waals surface area contributed by atoms with Crippen molar-refractivity contribution in [2.45, 2.75) is 5.75 Å². The molecule has 0 aliphatic heterocycles. The fourth-order valence-corrected chi connectivity index (χ4v) is 1.89. The van der Waals surface area contributed by atoms with Crippen LogP contribution in [-0.4, -0.2) is 8.76 Å². The van der Waals surface area contributed by atoms with Crippen molar-refractivity contribution in [3.05, 3.63) is 22.4 Å². The van der Waals surface area contributed by atoms with Gasteiger partial charge in [-0.05, 0) is 22.5 Å². The molecule has 0 saturated heterocycles. The fraction of sp³-hybridized carbons (Fsp3) is 0.200. The number of thiophene rings is 1. The summed E-state index contributed by atoms with van der Waals surface area (Å²) in [6, 6.07) is 3.65. The van der Waals surface area contributed by atoms with Crippen LogP contribution in [0, 0.1) is 0 Å². The number of rotatable bonds is 2. The molecule has 0 saturated carbocycles. The first-order valence-electron chi connectivity index (χ1n) is 2.37. The Morgan fingerprint density at radius 3 is 2.80 bits per heavy atom. The first kappa shape index (κ1) is 10.8. The number of hydrogen-bond donors (Lipinski definition) is 0. The molecule has 1 aromatic rings. The van der Waals surface area contributed by atoms with Gasteiger partial charge < -0.3 is 4.55 Å². The summed E-state index contributed by atoms with van der Waals surface area (Å²) < 4.78 is 20.1. The zero-order valence-corrected chi connectivity index (χ0v) is 9.21. The SMILES string of the molecule is O=S([O-])Cc1cccs1.[Na+]. The molecule has 0 aliphatic carbocycles. The molecule has 0 aliphatic rings. The molecule has 10 heavy (non-hydrogen) atoms. The minimum Gasteiger partial charge on any atom is -0.772 e. The maximum atomic E-state index is 10.1. The van der Waals surface area contributed by atoms with Crippen LogP contribution in [0.3, 0.4) is 0 Å². The molecule has 0 radical (unpaired) electrons. The van der Waals surface area contributed by atoms with E-state index >= 15 is 0 Å². The second kappa shape index (κ2) is 5.46. The van der Waals surface area contributed by atoms with Crippen LogP contribution in [0.5, 0.6) is 0 Å². The Labute approximate surface area is 88.2 Å². The third kappa shape index (κ3) is 3.85. The van der Waals surface area contributed by atoms with Crippen LogP contribution in [0.1, 0.15) is 4.88 Å². The first-order chi connectivity index (χ1) is 4.29. The molecule has 2 nitrogen and oxygen atoms in total. The van der Waals surface area contributed by atoms with Crippen LogP contribution >= 0.6 is 11.3 Å². The van der Waals surface area contributed by atoms with E-state index in [2.05, 4.69) is 0 Å². The van der Waals surface area contributed by atoms with Crippen LogP contribution < -0.4 is 29.6 Å². The van der Waals surface area contributed by atoms with E-state index in [1.807, 2.05) is 11.4 Å². The monoisotopic (exact) mass is 184 g/mol. The summed E-state index contributed by atoms with van der Waals surface area (Å²) in [7, 11) is 0. The van der Waals surface area contributed by atoms with Gasteiger partial charge in [0.15, 0.2) is 0 Å². The summed E-state index contributed by atoms with van der Waals surface area (Å²) in [5, 5.41) is 1.86. The van der Waals surface area contributed by atoms with E-state index in [0.29, 0.717) is 0 Å². The Kier molecular flexibility index (Phi) is 5.90. The minimum atomic E-state index is -1.93. The molecule has 0 spiro atoms. The molecule has 0 fully saturated rings. The predicted molar refractivity (Wildman–Crippen MR) is 36.9 cm³/mol. The second-order valence-electron chi connectivity index (χ2n) is 1.53. The molecule has 50 valence electrons. The van der Waals surface area contributed by atoms with Crippen molar-refractivity contribution >= 4 is 22.4 Å². The van der Waals surface area contributed by atoms with Gasteiger partial charge >= 0.3 is 29.6 Å². The Balaban J connectivity index is 0.000000810. The third-order valence-electron chi connectivity index (χ3n) is 0.840. The van der Waals surface area contributed by atoms with Crippen LogP contribution in [0.25, 0.3) is 0 Å². The van der Waals surface area contributed by atoms with E-state index in [9.17, 15) is 8.76 Å². The van der Waals surface area contributed by atoms with Crippen molar-refractivity contribution in [1.29, 1.82) is 0 Å². The number of hydrogen-bond acceptors (Lipinski definition) is 3. The summed E-state index contributed by atoms with van der Waals surface area (Å²) in [6.45, 7) is 0. The van der Waals surface area contributed by atoms with Gasteiger partial charge in [0, 0.05) is 10.6 Å². The summed E-state index contributed by atoms with van der Waals surface area (Å²) in [5.74, 6) is 0.150. The molecular formula is C5H5NaO2S2. The van der Waals surface area contributed by atoms with E-state index in [-0.39, 0.29) is 35.3 Å². The van der Waals surface area contributed by atoms with E-state index in [4.69, 9.17) is 0 Å². The summed E-state index contributed by atoms with van der Waals surface area (Å²) in [4.78, 5) is 0.892. The van der Waals surface area contributed by atoms with Gasteiger partial charge in [-0.1, -0.05) is 6.07 Å². The van der Waals surface area contributed by atoms with Crippen LogP contribution in [-0.2, 0) is 16.8 Å². The quantitative estimate of drug-likeness (QED) is 0.399. The van der Waals surface area contributed by atoms with Crippen molar-refractivity contribution in [2.24, 2.45) is 0 Å². The average molecular weight is 184 g/mol. The summed E-state index contributed by atoms with van der Waals surface area (Å²) >= 11 is -0.476. The standard InChI is InChI=1S/C5H6O2S2.Na/c6-9(7)4-5-2-1-3-8-5;/h1-3H,4H2,(H,6,7);/q;+1/p-1. The molecule has 1 aromatic heterocycles. The van der Waals surface area contributed by atoms with E-state index in [1.54, 1.807) is 6.07 Å². The Morgan fingerprint density at radius 1 is 1.70 bits per heavy atom. The van der Waals surface area contributed by atoms with Gasteiger partial charge in [0.05, 0.1) is 0 Å². The fourth-order valence-electron chi connectivity index (χ4n) is 0.511. The van der Waals surface area contributed by atoms with Crippen molar-refractivity contribution in [3.8, 4) is 0 Å². The van der Waals surface area contributed by atoms with E-state index < -0.39 is 11.1 Å². The van der Waals surface area contributed by atoms with Crippen LogP contribution in [0.15, 0.2) is 17.5 Å². The molecule has 0 amide bonds. The van der Waals surface area contributed by atoms with Gasteiger partial charge in [-0.2, -0.15) is 0 Å². The van der Waals surface area contributed by atoms with Crippen molar-refractivity contribution in [1.82, 2.24) is 0 Å². The maximum absolute atomic E-state index is 10.1. The van der Waals surface area contributed by atoms with Crippen molar-refractivity contribution in [3.63, 3.8) is 0 Å². The normalized spacial score (nSPS) is 12.1. The average Bonchev–Trinajstić information content (AvgIpc) is 2.15. The van der Waals surface area contributed by atoms with E-state index in [1.165, 1.54) is 11.3 Å². The molecule has 1 atom stereocenters. The van der Waals surface area contributed by atoms with Gasteiger partial charge in [-0.25, -0.2) is 0 Å². The Morgan fingerprint density at radius 2 is 2.40 bits per heavy atom. The maximum Gasteiger partial charge on any atom is 1.00 e. The van der Waals surface area contributed by atoms with Gasteiger partial charge in [-0.15, -0.1) is 11.3 Å². The smallest absolute Gasteiger partial charge is 0.772 e. The molecule has 5 heteroatoms. The van der Waals surface area contributed by atoms with Gasteiger partial charge in [-0.3, -0.25) is 4.21 Å². The first-order valence-corrected chi connectivity index (χ1v) is 4.49. The predicted octanol–water partition coefficient (Wildman–Crippen LogP) is -1.87. The third-order valence-corrected chi connectivity index (χ3v) is 2.45. The molecule has 1 heterocycles. The minimum absolute atomic E-state index is 0. The van der Waals surface area contributed by atoms with Crippen LogP contribution in [0.4, 0.5) is 0 Å². The van der Waals surface area contributed by atoms with Crippen molar-refractivity contribution in [2.75, 3.05) is 0 Å². The Hall–Kier alpha value is 0.810. The van der Waals surface area contributed by atoms with Crippen LogP contribution in [0.2, 0.25) is 0 Å². The zero-order valence-electron chi connectivity index (χ0n) is 5.57. The zero-order chi connectivity index (χ0) is 6.69. The molecule has 0 N–H and O–H groups in total. The van der Waals surface area contributed by atoms with E-state index in [0.717, 1.165) is 4.88 Å². The topological polar surface area (TPSA) is 40.1 Å². The summed E-state index contributed by atoms with van der Waals surface area (Å²) in [5.41, 5.74) is 0. The molecule has 1 unspecified atom stereocenters. The largest absolute Gasteiger partial charge is 1.00 e. The molecule has 0 bridgehead atoms. The second-order valence-corrected chi connectivity index (χ2v) is 3.46. The molecular weight excluding hydrogens is 179 g/mol.